The van der Waals surface area contributed by atoms with Gasteiger partial charge in [0.05, 0.1) is 12.6 Å². The van der Waals surface area contributed by atoms with Crippen molar-refractivity contribution < 1.29 is 4.79 Å². The number of nitrogens with one attached hydrogen (secondary N) is 1. The molecular formula is C13H17N5O. The topological polar surface area (TPSA) is 85.8 Å². The van der Waals surface area contributed by atoms with E-state index in [0.717, 1.165) is 11.3 Å². The SMILES string of the molecule is CC[C@@H](N)C(=O)Nc1ccc(Cn2cncn2)cc1. The Kier molecular flexibility index (Phi) is 4.25. The van der Waals surface area contributed by atoms with Gasteiger partial charge in [0.2, 0.25) is 5.91 Å². The molecule has 0 bridgehead atoms. The van der Waals surface area contributed by atoms with E-state index < -0.39 is 6.04 Å². The number of benzene rings is 1. The van der Waals surface area contributed by atoms with E-state index in [0.29, 0.717) is 13.0 Å². The van der Waals surface area contributed by atoms with E-state index in [1.165, 1.54) is 6.33 Å². The van der Waals surface area contributed by atoms with Crippen LogP contribution >= 0.6 is 0 Å². The molecule has 2 aromatic rings. The Hall–Kier alpha value is -2.21. The fourth-order valence-corrected chi connectivity index (χ4v) is 1.62. The monoisotopic (exact) mass is 259 g/mol. The summed E-state index contributed by atoms with van der Waals surface area (Å²) >= 11 is 0. The van der Waals surface area contributed by atoms with E-state index in [2.05, 4.69) is 15.4 Å². The second-order valence-electron chi connectivity index (χ2n) is 4.29. The Morgan fingerprint density at radius 3 is 2.74 bits per heavy atom. The minimum atomic E-state index is -0.463. The molecule has 3 N–H and O–H groups in total. The van der Waals surface area contributed by atoms with Gasteiger partial charge in [-0.2, -0.15) is 5.10 Å². The van der Waals surface area contributed by atoms with Gasteiger partial charge in [0, 0.05) is 5.69 Å². The van der Waals surface area contributed by atoms with Crippen molar-refractivity contribution in [2.24, 2.45) is 5.73 Å². The van der Waals surface area contributed by atoms with Crippen molar-refractivity contribution in [2.45, 2.75) is 25.9 Å². The lowest BCUT2D eigenvalue weighted by molar-refractivity contribution is -0.117. The van der Waals surface area contributed by atoms with Gasteiger partial charge in [-0.1, -0.05) is 19.1 Å². The summed E-state index contributed by atoms with van der Waals surface area (Å²) in [7, 11) is 0. The third-order valence-electron chi connectivity index (χ3n) is 2.81. The number of amides is 1. The fraction of sp³-hybridized carbons (Fsp3) is 0.308. The molecule has 19 heavy (non-hydrogen) atoms. The summed E-state index contributed by atoms with van der Waals surface area (Å²) in [5, 5.41) is 6.82. The number of nitrogens with two attached hydrogens (primary N) is 1. The number of hydrogen-bond acceptors (Lipinski definition) is 4. The van der Waals surface area contributed by atoms with Gasteiger partial charge in [-0.25, -0.2) is 9.67 Å². The lowest BCUT2D eigenvalue weighted by Gasteiger charge is -2.10. The maximum Gasteiger partial charge on any atom is 0.241 e. The predicted octanol–water partition coefficient (Wildman–Crippen LogP) is 1.00. The summed E-state index contributed by atoms with van der Waals surface area (Å²) in [4.78, 5) is 15.5. The predicted molar refractivity (Wildman–Crippen MR) is 72.5 cm³/mol. The average molecular weight is 259 g/mol. The van der Waals surface area contributed by atoms with Crippen LogP contribution in [-0.2, 0) is 11.3 Å². The third kappa shape index (κ3) is 3.62. The molecule has 1 heterocycles. The van der Waals surface area contributed by atoms with E-state index >= 15 is 0 Å². The van der Waals surface area contributed by atoms with Crippen LogP contribution in [0.2, 0.25) is 0 Å². The van der Waals surface area contributed by atoms with Crippen molar-refractivity contribution in [1.29, 1.82) is 0 Å². The molecule has 1 atom stereocenters. The zero-order valence-corrected chi connectivity index (χ0v) is 10.8. The number of anilines is 1. The van der Waals surface area contributed by atoms with Gasteiger partial charge in [0.1, 0.15) is 12.7 Å². The molecular weight excluding hydrogens is 242 g/mol. The summed E-state index contributed by atoms with van der Waals surface area (Å²) < 4.78 is 1.74. The van der Waals surface area contributed by atoms with E-state index in [9.17, 15) is 4.79 Å². The van der Waals surface area contributed by atoms with Crippen LogP contribution in [0.3, 0.4) is 0 Å². The molecule has 2 rings (SSSR count). The lowest BCUT2D eigenvalue weighted by atomic mass is 10.2. The molecule has 0 aliphatic rings. The summed E-state index contributed by atoms with van der Waals surface area (Å²) in [6.07, 6.45) is 3.78. The maximum atomic E-state index is 11.6. The van der Waals surface area contributed by atoms with Crippen LogP contribution in [0.4, 0.5) is 5.69 Å². The van der Waals surface area contributed by atoms with Crippen LogP contribution in [0.1, 0.15) is 18.9 Å². The summed E-state index contributed by atoms with van der Waals surface area (Å²) in [5.74, 6) is -0.161. The van der Waals surface area contributed by atoms with Gasteiger partial charge >= 0.3 is 0 Å². The van der Waals surface area contributed by atoms with Gasteiger partial charge in [0.15, 0.2) is 0 Å². The number of carbonyl (C=O) groups excluding carboxylic acids is 1. The van der Waals surface area contributed by atoms with Gasteiger partial charge < -0.3 is 11.1 Å². The molecule has 0 aliphatic heterocycles. The Morgan fingerprint density at radius 1 is 1.42 bits per heavy atom. The fourth-order valence-electron chi connectivity index (χ4n) is 1.62. The second-order valence-corrected chi connectivity index (χ2v) is 4.29. The number of aromatic nitrogens is 3. The zero-order chi connectivity index (χ0) is 13.7. The van der Waals surface area contributed by atoms with Crippen LogP contribution in [0.5, 0.6) is 0 Å². The normalized spacial score (nSPS) is 12.1. The zero-order valence-electron chi connectivity index (χ0n) is 10.8. The Bertz CT molecular complexity index is 520. The lowest BCUT2D eigenvalue weighted by Crippen LogP contribution is -2.34. The molecule has 100 valence electrons. The molecule has 0 radical (unpaired) electrons. The molecule has 1 aromatic heterocycles. The van der Waals surface area contributed by atoms with E-state index in [1.807, 2.05) is 31.2 Å². The maximum absolute atomic E-state index is 11.6. The Morgan fingerprint density at radius 2 is 2.16 bits per heavy atom. The molecule has 0 fully saturated rings. The Balaban J connectivity index is 1.96. The van der Waals surface area contributed by atoms with Crippen molar-refractivity contribution in [3.8, 4) is 0 Å². The highest BCUT2D eigenvalue weighted by molar-refractivity contribution is 5.94. The quantitative estimate of drug-likeness (QED) is 0.838. The number of nitrogens with zero attached hydrogens (tertiary/aromatic N) is 3. The van der Waals surface area contributed by atoms with Crippen LogP contribution < -0.4 is 11.1 Å². The first-order valence-electron chi connectivity index (χ1n) is 6.17. The number of carbonyl (C=O) groups is 1. The van der Waals surface area contributed by atoms with Crippen molar-refractivity contribution in [3.05, 3.63) is 42.5 Å². The first-order chi connectivity index (χ1) is 9.19. The van der Waals surface area contributed by atoms with Crippen molar-refractivity contribution in [3.63, 3.8) is 0 Å². The minimum Gasteiger partial charge on any atom is -0.325 e. The molecule has 0 spiro atoms. The van der Waals surface area contributed by atoms with Gasteiger partial charge in [-0.3, -0.25) is 4.79 Å². The number of hydrogen-bond donors (Lipinski definition) is 2. The molecule has 0 unspecified atom stereocenters. The van der Waals surface area contributed by atoms with Crippen LogP contribution in [-0.4, -0.2) is 26.7 Å². The highest BCUT2D eigenvalue weighted by atomic mass is 16.2. The molecule has 6 heteroatoms. The molecule has 0 saturated carbocycles. The first kappa shape index (κ1) is 13.2. The van der Waals surface area contributed by atoms with E-state index in [4.69, 9.17) is 5.73 Å². The molecule has 0 aliphatic carbocycles. The summed E-state index contributed by atoms with van der Waals surface area (Å²) in [6.45, 7) is 2.54. The first-order valence-corrected chi connectivity index (χ1v) is 6.17. The number of rotatable bonds is 5. The minimum absolute atomic E-state index is 0.161. The second kappa shape index (κ2) is 6.10. The van der Waals surface area contributed by atoms with Gasteiger partial charge in [-0.05, 0) is 24.1 Å². The van der Waals surface area contributed by atoms with Crippen LogP contribution in [0, 0.1) is 0 Å². The Labute approximate surface area is 111 Å². The molecule has 1 amide bonds. The van der Waals surface area contributed by atoms with Crippen molar-refractivity contribution >= 4 is 11.6 Å². The van der Waals surface area contributed by atoms with Crippen LogP contribution in [0.15, 0.2) is 36.9 Å². The van der Waals surface area contributed by atoms with Crippen molar-refractivity contribution in [2.75, 3.05) is 5.32 Å². The van der Waals surface area contributed by atoms with Crippen LogP contribution in [0.25, 0.3) is 0 Å². The van der Waals surface area contributed by atoms with Gasteiger partial charge in [-0.15, -0.1) is 0 Å². The van der Waals surface area contributed by atoms with E-state index in [1.54, 1.807) is 11.0 Å². The smallest absolute Gasteiger partial charge is 0.241 e. The van der Waals surface area contributed by atoms with Gasteiger partial charge in [0.25, 0.3) is 0 Å². The van der Waals surface area contributed by atoms with Crippen molar-refractivity contribution in [1.82, 2.24) is 14.8 Å². The highest BCUT2D eigenvalue weighted by Gasteiger charge is 2.10. The molecule has 0 saturated heterocycles. The van der Waals surface area contributed by atoms with E-state index in [-0.39, 0.29) is 5.91 Å². The standard InChI is InChI=1S/C13H17N5O/c1-2-12(14)13(19)17-11-5-3-10(4-6-11)7-18-9-15-8-16-18/h3-6,8-9,12H,2,7,14H2,1H3,(H,17,19)/t12-/m1/s1. The summed E-state index contributed by atoms with van der Waals surface area (Å²) in [5.41, 5.74) is 7.49. The molecule has 1 aromatic carbocycles. The average Bonchev–Trinajstić information content (AvgIpc) is 2.93. The highest BCUT2D eigenvalue weighted by Crippen LogP contribution is 2.10. The third-order valence-corrected chi connectivity index (χ3v) is 2.81. The largest absolute Gasteiger partial charge is 0.325 e. The molecule has 6 nitrogen and oxygen atoms in total. The summed E-state index contributed by atoms with van der Waals surface area (Å²) in [6, 6.07) is 7.12.